The molecular weight excluding hydrogens is 156 g/mol. The molecular formula is C8H16N2O2. The van der Waals surface area contributed by atoms with Crippen LogP contribution in [0.4, 0.5) is 0 Å². The molecule has 3 N–H and O–H groups in total. The molecule has 0 aliphatic carbocycles. The van der Waals surface area contributed by atoms with E-state index in [4.69, 9.17) is 10.5 Å². The molecule has 0 spiro atoms. The summed E-state index contributed by atoms with van der Waals surface area (Å²) in [5.74, 6) is 0.247. The van der Waals surface area contributed by atoms with Crippen molar-refractivity contribution in [2.75, 3.05) is 20.3 Å². The Morgan fingerprint density at radius 2 is 2.58 bits per heavy atom. The maximum Gasteiger partial charge on any atom is 0.223 e. The number of nitrogens with two attached hydrogens (primary N) is 1. The van der Waals surface area contributed by atoms with Crippen molar-refractivity contribution in [3.05, 3.63) is 0 Å². The molecule has 1 aliphatic heterocycles. The molecule has 0 radical (unpaired) electrons. The Bertz CT molecular complexity index is 161. The van der Waals surface area contributed by atoms with E-state index in [2.05, 4.69) is 5.32 Å². The Kier molecular flexibility index (Phi) is 3.49. The molecule has 1 rings (SSSR count). The molecule has 1 aliphatic rings. The number of carbonyl (C=O) groups excluding carboxylic acids is 1. The van der Waals surface area contributed by atoms with E-state index in [1.807, 2.05) is 0 Å². The first-order valence-corrected chi connectivity index (χ1v) is 4.26. The lowest BCUT2D eigenvalue weighted by atomic mass is 9.99. The molecule has 2 atom stereocenters. The van der Waals surface area contributed by atoms with E-state index >= 15 is 0 Å². The first-order chi connectivity index (χ1) is 5.74. The maximum atomic E-state index is 11.1. The zero-order chi connectivity index (χ0) is 8.97. The van der Waals surface area contributed by atoms with Crippen molar-refractivity contribution in [3.63, 3.8) is 0 Å². The normalized spacial score (nSPS) is 25.5. The van der Waals surface area contributed by atoms with Crippen LogP contribution in [0.15, 0.2) is 0 Å². The van der Waals surface area contributed by atoms with Crippen LogP contribution in [0.2, 0.25) is 0 Å². The van der Waals surface area contributed by atoms with Gasteiger partial charge in [0.15, 0.2) is 0 Å². The molecule has 0 aromatic heterocycles. The number of ether oxygens (including phenoxy) is 1. The van der Waals surface area contributed by atoms with Crippen LogP contribution in [-0.2, 0) is 9.53 Å². The van der Waals surface area contributed by atoms with Crippen LogP contribution in [0.1, 0.15) is 12.8 Å². The summed E-state index contributed by atoms with van der Waals surface area (Å²) in [5, 5.41) is 2.78. The van der Waals surface area contributed by atoms with E-state index in [0.717, 1.165) is 19.4 Å². The third kappa shape index (κ3) is 2.46. The number of rotatable bonds is 4. The standard InChI is InChI=1S/C8H16N2O2/c1-12-5-7(9)4-6-2-3-10-8(6)11/h6-7H,2-5,9H2,1H3,(H,10,11)/t6-,7-/m0/s1. The summed E-state index contributed by atoms with van der Waals surface area (Å²) in [6.07, 6.45) is 1.65. The van der Waals surface area contributed by atoms with Gasteiger partial charge in [0, 0.05) is 25.6 Å². The second kappa shape index (κ2) is 4.42. The topological polar surface area (TPSA) is 64.3 Å². The molecule has 0 unspecified atom stereocenters. The Labute approximate surface area is 72.5 Å². The van der Waals surface area contributed by atoms with Gasteiger partial charge >= 0.3 is 0 Å². The predicted octanol–water partition coefficient (Wildman–Crippen LogP) is -0.514. The Hall–Kier alpha value is -0.610. The van der Waals surface area contributed by atoms with Crippen molar-refractivity contribution in [1.82, 2.24) is 5.32 Å². The third-order valence-corrected chi connectivity index (χ3v) is 2.13. The minimum absolute atomic E-state index is 0.0103. The van der Waals surface area contributed by atoms with Crippen LogP contribution >= 0.6 is 0 Å². The summed E-state index contributed by atoms with van der Waals surface area (Å²) >= 11 is 0. The summed E-state index contributed by atoms with van der Waals surface area (Å²) in [5.41, 5.74) is 5.72. The predicted molar refractivity (Wildman–Crippen MR) is 45.6 cm³/mol. The smallest absolute Gasteiger partial charge is 0.223 e. The second-order valence-electron chi connectivity index (χ2n) is 3.23. The SMILES string of the molecule is COC[C@@H](N)C[C@@H]1CCNC1=O. The molecule has 70 valence electrons. The van der Waals surface area contributed by atoms with Crippen molar-refractivity contribution in [2.24, 2.45) is 11.7 Å². The quantitative estimate of drug-likeness (QED) is 0.600. The van der Waals surface area contributed by atoms with Crippen molar-refractivity contribution in [2.45, 2.75) is 18.9 Å². The van der Waals surface area contributed by atoms with E-state index in [0.29, 0.717) is 6.61 Å². The van der Waals surface area contributed by atoms with Gasteiger partial charge in [-0.05, 0) is 12.8 Å². The number of amides is 1. The molecule has 1 saturated heterocycles. The first-order valence-electron chi connectivity index (χ1n) is 4.26. The van der Waals surface area contributed by atoms with E-state index < -0.39 is 0 Å². The molecule has 4 heteroatoms. The van der Waals surface area contributed by atoms with Crippen molar-refractivity contribution < 1.29 is 9.53 Å². The zero-order valence-electron chi connectivity index (χ0n) is 7.38. The lowest BCUT2D eigenvalue weighted by Gasteiger charge is -2.13. The van der Waals surface area contributed by atoms with E-state index in [1.54, 1.807) is 7.11 Å². The fourth-order valence-corrected chi connectivity index (χ4v) is 1.52. The van der Waals surface area contributed by atoms with Crippen LogP contribution in [0.3, 0.4) is 0 Å². The molecule has 4 nitrogen and oxygen atoms in total. The van der Waals surface area contributed by atoms with Gasteiger partial charge in [-0.2, -0.15) is 0 Å². The Balaban J connectivity index is 2.25. The summed E-state index contributed by atoms with van der Waals surface area (Å²) < 4.78 is 4.89. The fraction of sp³-hybridized carbons (Fsp3) is 0.875. The van der Waals surface area contributed by atoms with E-state index in [1.165, 1.54) is 0 Å². The highest BCUT2D eigenvalue weighted by Gasteiger charge is 2.25. The lowest BCUT2D eigenvalue weighted by Crippen LogP contribution is -2.31. The van der Waals surface area contributed by atoms with Crippen molar-refractivity contribution >= 4 is 5.91 Å². The highest BCUT2D eigenvalue weighted by molar-refractivity contribution is 5.80. The average Bonchev–Trinajstić information content (AvgIpc) is 2.37. The average molecular weight is 172 g/mol. The molecule has 0 saturated carbocycles. The molecule has 1 fully saturated rings. The van der Waals surface area contributed by atoms with Gasteiger partial charge in [0.2, 0.25) is 5.91 Å². The van der Waals surface area contributed by atoms with Crippen LogP contribution in [0.5, 0.6) is 0 Å². The lowest BCUT2D eigenvalue weighted by molar-refractivity contribution is -0.122. The number of nitrogens with one attached hydrogen (secondary N) is 1. The summed E-state index contributed by atoms with van der Waals surface area (Å²) in [6, 6.07) is -0.0103. The van der Waals surface area contributed by atoms with Crippen LogP contribution in [0, 0.1) is 5.92 Å². The molecule has 1 amide bonds. The van der Waals surface area contributed by atoms with Crippen LogP contribution in [0.25, 0.3) is 0 Å². The minimum Gasteiger partial charge on any atom is -0.383 e. The fourth-order valence-electron chi connectivity index (χ4n) is 1.52. The second-order valence-corrected chi connectivity index (χ2v) is 3.23. The number of methoxy groups -OCH3 is 1. The zero-order valence-corrected chi connectivity index (χ0v) is 7.38. The highest BCUT2D eigenvalue weighted by atomic mass is 16.5. The number of hydrogen-bond acceptors (Lipinski definition) is 3. The van der Waals surface area contributed by atoms with E-state index in [9.17, 15) is 4.79 Å². The van der Waals surface area contributed by atoms with Crippen LogP contribution < -0.4 is 11.1 Å². The Morgan fingerprint density at radius 3 is 3.08 bits per heavy atom. The largest absolute Gasteiger partial charge is 0.383 e. The van der Waals surface area contributed by atoms with Crippen molar-refractivity contribution in [1.29, 1.82) is 0 Å². The van der Waals surface area contributed by atoms with Gasteiger partial charge < -0.3 is 15.8 Å². The molecule has 0 aromatic carbocycles. The molecule has 12 heavy (non-hydrogen) atoms. The van der Waals surface area contributed by atoms with Gasteiger partial charge in [-0.15, -0.1) is 0 Å². The third-order valence-electron chi connectivity index (χ3n) is 2.13. The van der Waals surface area contributed by atoms with Gasteiger partial charge in [-0.25, -0.2) is 0 Å². The van der Waals surface area contributed by atoms with Crippen LogP contribution in [-0.4, -0.2) is 32.2 Å². The van der Waals surface area contributed by atoms with Gasteiger partial charge in [0.25, 0.3) is 0 Å². The molecule has 0 aromatic rings. The van der Waals surface area contributed by atoms with Gasteiger partial charge in [0.1, 0.15) is 0 Å². The summed E-state index contributed by atoms with van der Waals surface area (Å²) in [4.78, 5) is 11.1. The Morgan fingerprint density at radius 1 is 1.83 bits per heavy atom. The first kappa shape index (κ1) is 9.48. The highest BCUT2D eigenvalue weighted by Crippen LogP contribution is 2.14. The maximum absolute atomic E-state index is 11.1. The van der Waals surface area contributed by atoms with Gasteiger partial charge in [-0.3, -0.25) is 4.79 Å². The molecule has 1 heterocycles. The summed E-state index contributed by atoms with van der Waals surface area (Å²) in [6.45, 7) is 1.33. The number of hydrogen-bond donors (Lipinski definition) is 2. The minimum atomic E-state index is -0.0103. The monoisotopic (exact) mass is 172 g/mol. The molecule has 0 bridgehead atoms. The summed E-state index contributed by atoms with van der Waals surface area (Å²) in [7, 11) is 1.62. The van der Waals surface area contributed by atoms with Crippen molar-refractivity contribution in [3.8, 4) is 0 Å². The van der Waals surface area contributed by atoms with Gasteiger partial charge in [-0.1, -0.05) is 0 Å². The van der Waals surface area contributed by atoms with Gasteiger partial charge in [0.05, 0.1) is 6.61 Å². The van der Waals surface area contributed by atoms with E-state index in [-0.39, 0.29) is 17.9 Å². The number of carbonyl (C=O) groups is 1.